The van der Waals surface area contributed by atoms with Crippen LogP contribution >= 0.6 is 36.0 Å². The van der Waals surface area contributed by atoms with E-state index in [2.05, 4.69) is 17.9 Å². The second-order valence-corrected chi connectivity index (χ2v) is 4.56. The van der Waals surface area contributed by atoms with E-state index in [1.807, 2.05) is 0 Å². The van der Waals surface area contributed by atoms with E-state index in [4.69, 9.17) is 27.9 Å². The van der Waals surface area contributed by atoms with Gasteiger partial charge in [-0.3, -0.25) is 4.79 Å². The summed E-state index contributed by atoms with van der Waals surface area (Å²) in [6, 6.07) is 6.56. The van der Waals surface area contributed by atoms with Gasteiger partial charge in [-0.15, -0.1) is 5.10 Å². The summed E-state index contributed by atoms with van der Waals surface area (Å²) in [5.74, 6) is 0.387. The molecule has 1 heterocycles. The largest absolute Gasteiger partial charge is 0.472 e. The molecule has 1 aromatic heterocycles. The molecule has 0 aliphatic carbocycles. The van der Waals surface area contributed by atoms with E-state index in [0.717, 1.165) is 0 Å². The Kier molecular flexibility index (Phi) is 4.16. The molecular weight excluding hydrogens is 295 g/mol. The molecule has 18 heavy (non-hydrogen) atoms. The third-order valence-electron chi connectivity index (χ3n) is 2.25. The van der Waals surface area contributed by atoms with Crippen molar-refractivity contribution in [2.45, 2.75) is 6.61 Å². The minimum Gasteiger partial charge on any atom is -0.472 e. The van der Waals surface area contributed by atoms with Crippen molar-refractivity contribution in [1.29, 1.82) is 0 Å². The molecule has 0 radical (unpaired) electrons. The van der Waals surface area contributed by atoms with Crippen molar-refractivity contribution in [3.63, 3.8) is 0 Å². The topological polar surface area (TPSA) is 44.1 Å². The Labute approximate surface area is 119 Å². The fourth-order valence-electron chi connectivity index (χ4n) is 1.41. The van der Waals surface area contributed by atoms with Gasteiger partial charge in [0.1, 0.15) is 6.61 Å². The first-order valence-corrected chi connectivity index (χ1v) is 6.08. The Morgan fingerprint density at radius 1 is 1.44 bits per heavy atom. The molecule has 0 atom stereocenters. The molecule has 0 fully saturated rings. The maximum Gasteiger partial charge on any atom is 0.252 e. The molecule has 0 bridgehead atoms. The molecule has 0 spiro atoms. The summed E-state index contributed by atoms with van der Waals surface area (Å²) < 4.78 is 6.72. The Hall–Kier alpha value is -1.17. The van der Waals surface area contributed by atoms with Crippen LogP contribution in [0.5, 0.6) is 5.88 Å². The van der Waals surface area contributed by atoms with Crippen molar-refractivity contribution >= 4 is 41.3 Å². The van der Waals surface area contributed by atoms with Gasteiger partial charge in [0, 0.05) is 28.4 Å². The number of halogens is 2. The lowest BCUT2D eigenvalue weighted by atomic mass is 10.1. The fraction of sp³-hybridized carbons (Fsp3) is 0.0909. The van der Waals surface area contributed by atoms with Gasteiger partial charge in [-0.05, 0) is 36.5 Å². The number of aromatic nitrogens is 2. The van der Waals surface area contributed by atoms with Crippen LogP contribution in [-0.2, 0) is 6.61 Å². The smallest absolute Gasteiger partial charge is 0.252 e. The molecule has 0 N–H and O–H groups in total. The van der Waals surface area contributed by atoms with Crippen molar-refractivity contribution in [3.8, 4) is 5.88 Å². The Morgan fingerprint density at radius 2 is 2.22 bits per heavy atom. The van der Waals surface area contributed by atoms with Gasteiger partial charge in [0.2, 0.25) is 5.88 Å². The van der Waals surface area contributed by atoms with Gasteiger partial charge in [-0.25, -0.2) is 4.09 Å². The van der Waals surface area contributed by atoms with Crippen LogP contribution in [0, 0.1) is 0 Å². The van der Waals surface area contributed by atoms with Crippen LogP contribution in [-0.4, -0.2) is 14.4 Å². The maximum atomic E-state index is 11.3. The number of carbonyl (C=O) groups is 1. The monoisotopic (exact) mass is 302 g/mol. The number of thiol groups is 1. The molecular formula is C11H8Cl2N2O2S. The summed E-state index contributed by atoms with van der Waals surface area (Å²) in [4.78, 5) is 11.3. The zero-order valence-corrected chi connectivity index (χ0v) is 11.4. The van der Waals surface area contributed by atoms with Gasteiger partial charge in [0.05, 0.1) is 0 Å². The average molecular weight is 303 g/mol. The van der Waals surface area contributed by atoms with Gasteiger partial charge >= 0.3 is 0 Å². The van der Waals surface area contributed by atoms with Crippen LogP contribution in [0.15, 0.2) is 30.5 Å². The number of rotatable bonds is 4. The molecule has 2 aromatic rings. The van der Waals surface area contributed by atoms with Crippen LogP contribution < -0.4 is 4.74 Å². The standard InChI is InChI=1S/C11H8Cl2N2O2S/c12-9-3-1-2-7(11(13)16)8(9)6-17-10-4-5-15(18)14-10/h1-5,18H,6H2. The van der Waals surface area contributed by atoms with E-state index in [1.165, 1.54) is 4.09 Å². The lowest BCUT2D eigenvalue weighted by Crippen LogP contribution is -2.03. The van der Waals surface area contributed by atoms with E-state index in [-0.39, 0.29) is 6.61 Å². The molecule has 0 saturated heterocycles. The molecule has 0 amide bonds. The molecule has 2 rings (SSSR count). The van der Waals surface area contributed by atoms with Crippen molar-refractivity contribution in [2.75, 3.05) is 0 Å². The van der Waals surface area contributed by atoms with Gasteiger partial charge in [0.25, 0.3) is 5.24 Å². The zero-order valence-electron chi connectivity index (χ0n) is 9.01. The predicted molar refractivity (Wildman–Crippen MR) is 72.6 cm³/mol. The first kappa shape index (κ1) is 13.3. The second kappa shape index (κ2) is 5.65. The number of hydrogen-bond acceptors (Lipinski definition) is 4. The summed E-state index contributed by atoms with van der Waals surface area (Å²) in [5, 5.41) is 3.78. The predicted octanol–water partition coefficient (Wildman–Crippen LogP) is 3.19. The third kappa shape index (κ3) is 2.98. The molecule has 4 nitrogen and oxygen atoms in total. The van der Waals surface area contributed by atoms with Gasteiger partial charge in [0.15, 0.2) is 0 Å². The maximum absolute atomic E-state index is 11.3. The highest BCUT2D eigenvalue weighted by Gasteiger charge is 2.13. The highest BCUT2D eigenvalue weighted by molar-refractivity contribution is 7.78. The molecule has 0 saturated carbocycles. The molecule has 1 aromatic carbocycles. The van der Waals surface area contributed by atoms with E-state index < -0.39 is 5.24 Å². The number of hydrogen-bond donors (Lipinski definition) is 1. The summed E-state index contributed by atoms with van der Waals surface area (Å²) in [7, 11) is 0. The number of carbonyl (C=O) groups excluding carboxylic acids is 1. The minimum absolute atomic E-state index is 0.109. The zero-order chi connectivity index (χ0) is 13.1. The second-order valence-electron chi connectivity index (χ2n) is 3.40. The van der Waals surface area contributed by atoms with Gasteiger partial charge < -0.3 is 4.74 Å². The van der Waals surface area contributed by atoms with Crippen molar-refractivity contribution < 1.29 is 9.53 Å². The first-order valence-electron chi connectivity index (χ1n) is 4.93. The summed E-state index contributed by atoms with van der Waals surface area (Å²) in [5.41, 5.74) is 0.863. The third-order valence-corrected chi connectivity index (χ3v) is 3.03. The average Bonchev–Trinajstić information content (AvgIpc) is 2.73. The Morgan fingerprint density at radius 3 is 2.83 bits per heavy atom. The summed E-state index contributed by atoms with van der Waals surface area (Å²) in [6.07, 6.45) is 1.62. The van der Waals surface area contributed by atoms with Crippen LogP contribution in [0.3, 0.4) is 0 Å². The van der Waals surface area contributed by atoms with Crippen molar-refractivity contribution in [2.24, 2.45) is 0 Å². The molecule has 7 heteroatoms. The quantitative estimate of drug-likeness (QED) is 0.697. The lowest BCUT2D eigenvalue weighted by Gasteiger charge is -2.08. The van der Waals surface area contributed by atoms with E-state index >= 15 is 0 Å². The van der Waals surface area contributed by atoms with E-state index in [1.54, 1.807) is 30.5 Å². The highest BCUT2D eigenvalue weighted by Crippen LogP contribution is 2.23. The van der Waals surface area contributed by atoms with E-state index in [9.17, 15) is 4.79 Å². The molecule has 0 unspecified atom stereocenters. The first-order chi connectivity index (χ1) is 8.58. The molecule has 0 aliphatic rings. The number of benzene rings is 1. The van der Waals surface area contributed by atoms with Crippen LogP contribution in [0.4, 0.5) is 0 Å². The molecule has 94 valence electrons. The lowest BCUT2D eigenvalue weighted by molar-refractivity contribution is 0.107. The van der Waals surface area contributed by atoms with Gasteiger partial charge in [-0.2, -0.15) is 0 Å². The van der Waals surface area contributed by atoms with Crippen molar-refractivity contribution in [1.82, 2.24) is 9.19 Å². The molecule has 0 aliphatic heterocycles. The van der Waals surface area contributed by atoms with Crippen LogP contribution in [0.2, 0.25) is 5.02 Å². The summed E-state index contributed by atoms with van der Waals surface area (Å²) in [6.45, 7) is 0.109. The SMILES string of the molecule is O=C(Cl)c1cccc(Cl)c1COc1ccn(S)n1. The van der Waals surface area contributed by atoms with Crippen LogP contribution in [0.25, 0.3) is 0 Å². The Balaban J connectivity index is 2.20. The number of ether oxygens (including phenoxy) is 1. The number of nitrogens with zero attached hydrogens (tertiary/aromatic N) is 2. The fourth-order valence-corrected chi connectivity index (χ4v) is 1.97. The van der Waals surface area contributed by atoms with Crippen molar-refractivity contribution in [3.05, 3.63) is 46.6 Å². The van der Waals surface area contributed by atoms with Gasteiger partial charge in [-0.1, -0.05) is 17.7 Å². The normalized spacial score (nSPS) is 10.4. The summed E-state index contributed by atoms with van der Waals surface area (Å²) >= 11 is 15.5. The van der Waals surface area contributed by atoms with E-state index in [0.29, 0.717) is 22.0 Å². The van der Waals surface area contributed by atoms with Crippen LogP contribution in [0.1, 0.15) is 15.9 Å². The minimum atomic E-state index is -0.573. The Bertz CT molecular complexity index is 586. The highest BCUT2D eigenvalue weighted by atomic mass is 35.5.